The van der Waals surface area contributed by atoms with E-state index in [0.717, 1.165) is 10.8 Å². The van der Waals surface area contributed by atoms with Crippen molar-refractivity contribution >= 4 is 0 Å². The van der Waals surface area contributed by atoms with Gasteiger partial charge < -0.3 is 19.7 Å². The summed E-state index contributed by atoms with van der Waals surface area (Å²) in [6, 6.07) is 2.06. The van der Waals surface area contributed by atoms with E-state index in [9.17, 15) is 23.4 Å². The monoisotopic (exact) mass is 395 g/mol. The molecule has 0 amide bonds. The molecule has 4 rings (SSSR count). The van der Waals surface area contributed by atoms with Crippen LogP contribution in [0.2, 0.25) is 0 Å². The van der Waals surface area contributed by atoms with Crippen LogP contribution in [0.5, 0.6) is 11.8 Å². The Morgan fingerprint density at radius 1 is 1.32 bits per heavy atom. The summed E-state index contributed by atoms with van der Waals surface area (Å²) >= 11 is 0. The van der Waals surface area contributed by atoms with Gasteiger partial charge in [0.25, 0.3) is 0 Å². The minimum absolute atomic E-state index is 0.226. The van der Waals surface area contributed by atoms with Crippen LogP contribution in [0.1, 0.15) is 42.7 Å². The Morgan fingerprint density at radius 3 is 2.54 bits per heavy atom. The molecular weight excluding hydrogens is 379 g/mol. The van der Waals surface area contributed by atoms with E-state index in [4.69, 9.17) is 14.7 Å². The van der Waals surface area contributed by atoms with Crippen molar-refractivity contribution in [2.45, 2.75) is 43.8 Å². The van der Waals surface area contributed by atoms with E-state index in [1.807, 2.05) is 0 Å². The van der Waals surface area contributed by atoms with Crippen LogP contribution in [0.25, 0.3) is 5.69 Å². The van der Waals surface area contributed by atoms with Gasteiger partial charge in [0, 0.05) is 13.5 Å². The van der Waals surface area contributed by atoms with Crippen LogP contribution in [0.3, 0.4) is 0 Å². The van der Waals surface area contributed by atoms with E-state index in [-0.39, 0.29) is 11.3 Å². The molecule has 4 heterocycles. The maximum atomic E-state index is 13.3. The lowest BCUT2D eigenvalue weighted by molar-refractivity contribution is -0.138. The molecule has 2 bridgehead atoms. The van der Waals surface area contributed by atoms with Gasteiger partial charge in [-0.05, 0) is 19.9 Å². The lowest BCUT2D eigenvalue weighted by Crippen LogP contribution is -2.34. The van der Waals surface area contributed by atoms with E-state index >= 15 is 0 Å². The second-order valence-corrected chi connectivity index (χ2v) is 7.30. The molecule has 0 saturated carbocycles. The number of methoxy groups -OCH3 is 1. The van der Waals surface area contributed by atoms with Crippen molar-refractivity contribution in [2.75, 3.05) is 7.11 Å². The zero-order chi connectivity index (χ0) is 20.6. The van der Waals surface area contributed by atoms with E-state index in [1.54, 1.807) is 13.8 Å². The van der Waals surface area contributed by atoms with Crippen molar-refractivity contribution in [1.82, 2.24) is 9.55 Å². The Bertz CT molecular complexity index is 1040. The molecule has 28 heavy (non-hydrogen) atoms. The van der Waals surface area contributed by atoms with Gasteiger partial charge in [-0.3, -0.25) is 0 Å². The molecule has 7 nitrogen and oxygen atoms in total. The molecule has 2 N–H and O–H groups in total. The Kier molecular flexibility index (Phi) is 3.58. The van der Waals surface area contributed by atoms with Crippen LogP contribution in [0, 0.1) is 11.3 Å². The Morgan fingerprint density at radius 2 is 1.96 bits per heavy atom. The number of nitriles is 1. The fraction of sp³-hybridized carbons (Fsp3) is 0.444. The second-order valence-electron chi connectivity index (χ2n) is 7.30. The fourth-order valence-electron chi connectivity index (χ4n) is 4.44. The van der Waals surface area contributed by atoms with Crippen LogP contribution < -0.4 is 0 Å². The van der Waals surface area contributed by atoms with Crippen molar-refractivity contribution in [1.29, 1.82) is 5.26 Å². The average molecular weight is 395 g/mol. The molecular formula is C18H16F3N3O4. The van der Waals surface area contributed by atoms with E-state index in [2.05, 4.69) is 4.98 Å². The molecule has 0 aromatic carbocycles. The van der Waals surface area contributed by atoms with Crippen LogP contribution in [-0.2, 0) is 26.9 Å². The molecule has 2 aliphatic rings. The normalized spacial score (nSPS) is 28.4. The summed E-state index contributed by atoms with van der Waals surface area (Å²) in [6.07, 6.45) is -3.83. The number of ether oxygens (including phenoxy) is 2. The van der Waals surface area contributed by atoms with Crippen LogP contribution in [0.15, 0.2) is 12.3 Å². The third-order valence-corrected chi connectivity index (χ3v) is 5.60. The Balaban J connectivity index is 1.96. The topological polar surface area (TPSA) is 101 Å². The predicted octanol–water partition coefficient (Wildman–Crippen LogP) is 3.05. The molecule has 2 aromatic heterocycles. The molecule has 148 valence electrons. The first-order chi connectivity index (χ1) is 13.0. The summed E-state index contributed by atoms with van der Waals surface area (Å²) in [7, 11) is 1.50. The Labute approximate surface area is 157 Å². The van der Waals surface area contributed by atoms with Crippen LogP contribution >= 0.6 is 0 Å². The largest absolute Gasteiger partial charge is 0.494 e. The van der Waals surface area contributed by atoms with Crippen molar-refractivity contribution in [2.24, 2.45) is 0 Å². The standard InChI is InChI=1S/C18H16F3N3O4/c1-16-5-11(27-3)17(2,28-16)13-12(16)14(25)24(15(13)26)8-4-9(18(19,20)21)10(6-22)23-7-8/h4,7,11,25-26H,5H2,1-3H3/t11-,16+,17-/m0/s1. The second kappa shape index (κ2) is 5.40. The number of nitrogens with zero attached hydrogens (tertiary/aromatic N) is 3. The number of rotatable bonds is 2. The third-order valence-electron chi connectivity index (χ3n) is 5.60. The highest BCUT2D eigenvalue weighted by atomic mass is 19.4. The molecule has 0 radical (unpaired) electrons. The highest BCUT2D eigenvalue weighted by Gasteiger charge is 2.65. The highest BCUT2D eigenvalue weighted by molar-refractivity contribution is 5.61. The number of halogens is 3. The zero-order valence-electron chi connectivity index (χ0n) is 15.1. The molecule has 1 fully saturated rings. The first-order valence-electron chi connectivity index (χ1n) is 8.36. The summed E-state index contributed by atoms with van der Waals surface area (Å²) in [4.78, 5) is 3.54. The van der Waals surface area contributed by atoms with Crippen LogP contribution in [-0.4, -0.2) is 33.0 Å². The van der Waals surface area contributed by atoms with Crippen molar-refractivity contribution < 1.29 is 32.9 Å². The minimum atomic E-state index is -4.82. The summed E-state index contributed by atoms with van der Waals surface area (Å²) in [5, 5.41) is 30.5. The SMILES string of the molecule is CO[C@H]1C[C@@]2(C)O[C@]1(C)c1c2c(O)n(-c2cnc(C#N)c(C(F)(F)F)c2)c1O. The average Bonchev–Trinajstić information content (AvgIpc) is 3.14. The molecule has 2 aromatic rings. The van der Waals surface area contributed by atoms with Gasteiger partial charge in [0.1, 0.15) is 11.7 Å². The molecule has 0 spiro atoms. The third kappa shape index (κ3) is 2.14. The first-order valence-corrected chi connectivity index (χ1v) is 8.36. The maximum Gasteiger partial charge on any atom is 0.419 e. The minimum Gasteiger partial charge on any atom is -0.494 e. The van der Waals surface area contributed by atoms with E-state index in [1.165, 1.54) is 13.2 Å². The zero-order valence-corrected chi connectivity index (χ0v) is 15.1. The van der Waals surface area contributed by atoms with Gasteiger partial charge in [-0.2, -0.15) is 18.4 Å². The summed E-state index contributed by atoms with van der Waals surface area (Å²) < 4.78 is 52.2. The quantitative estimate of drug-likeness (QED) is 0.811. The van der Waals surface area contributed by atoms with Crippen molar-refractivity contribution in [3.8, 4) is 23.5 Å². The van der Waals surface area contributed by atoms with Gasteiger partial charge >= 0.3 is 6.18 Å². The van der Waals surface area contributed by atoms with E-state index in [0.29, 0.717) is 18.1 Å². The van der Waals surface area contributed by atoms with Crippen molar-refractivity contribution in [3.63, 3.8) is 0 Å². The lowest BCUT2D eigenvalue weighted by Gasteiger charge is -2.28. The molecule has 10 heteroatoms. The summed E-state index contributed by atoms with van der Waals surface area (Å²) in [5.74, 6) is -0.895. The summed E-state index contributed by atoms with van der Waals surface area (Å²) in [6.45, 7) is 3.41. The van der Waals surface area contributed by atoms with Crippen LogP contribution in [0.4, 0.5) is 13.2 Å². The smallest absolute Gasteiger partial charge is 0.419 e. The van der Waals surface area contributed by atoms with Crippen molar-refractivity contribution in [3.05, 3.63) is 34.6 Å². The number of aromatic hydroxyl groups is 2. The predicted molar refractivity (Wildman–Crippen MR) is 87.8 cm³/mol. The van der Waals surface area contributed by atoms with Gasteiger partial charge in [0.15, 0.2) is 5.69 Å². The summed E-state index contributed by atoms with van der Waals surface area (Å²) in [5.41, 5.74) is -3.75. The number of pyridine rings is 1. The lowest BCUT2D eigenvalue weighted by atomic mass is 9.78. The number of alkyl halides is 3. The van der Waals surface area contributed by atoms with Gasteiger partial charge in [0.05, 0.1) is 40.3 Å². The Hall–Kier alpha value is -2.77. The fourth-order valence-corrected chi connectivity index (χ4v) is 4.44. The van der Waals surface area contributed by atoms with Gasteiger partial charge in [-0.15, -0.1) is 0 Å². The van der Waals surface area contributed by atoms with Gasteiger partial charge in [-0.1, -0.05) is 0 Å². The van der Waals surface area contributed by atoms with Gasteiger partial charge in [-0.25, -0.2) is 9.55 Å². The molecule has 3 atom stereocenters. The first kappa shape index (κ1) is 18.6. The molecule has 0 unspecified atom stereocenters. The van der Waals surface area contributed by atoms with Gasteiger partial charge in [0.2, 0.25) is 11.8 Å². The highest BCUT2D eigenvalue weighted by Crippen LogP contribution is 2.64. The molecule has 2 aliphatic heterocycles. The number of hydrogen-bond donors (Lipinski definition) is 2. The van der Waals surface area contributed by atoms with E-state index < -0.39 is 46.5 Å². The molecule has 0 aliphatic carbocycles. The number of aromatic nitrogens is 2. The number of hydrogen-bond acceptors (Lipinski definition) is 6. The number of fused-ring (bicyclic) bond motifs is 5. The maximum absolute atomic E-state index is 13.3. The molecule has 1 saturated heterocycles.